The summed E-state index contributed by atoms with van der Waals surface area (Å²) in [5.41, 5.74) is 1.43. The molecule has 0 aromatic carbocycles. The molecule has 1 aromatic rings. The number of nitrogens with zero attached hydrogens (tertiary/aromatic N) is 2. The normalized spacial score (nSPS) is 10.6. The Morgan fingerprint density at radius 3 is 2.65 bits per heavy atom. The van der Waals surface area contributed by atoms with Crippen LogP contribution in [0.25, 0.3) is 0 Å². The number of aromatic nitrogens is 2. The second kappa shape index (κ2) is 6.79. The Balaban J connectivity index is 2.47. The van der Waals surface area contributed by atoms with Crippen molar-refractivity contribution in [1.29, 1.82) is 0 Å². The van der Waals surface area contributed by atoms with Crippen molar-refractivity contribution < 1.29 is 4.79 Å². The van der Waals surface area contributed by atoms with Crippen molar-refractivity contribution in [2.24, 2.45) is 7.05 Å². The summed E-state index contributed by atoms with van der Waals surface area (Å²) in [6, 6.07) is 0. The van der Waals surface area contributed by atoms with Crippen molar-refractivity contribution >= 4 is 21.8 Å². The van der Waals surface area contributed by atoms with E-state index >= 15 is 0 Å². The lowest BCUT2D eigenvalue weighted by atomic mass is 10.2. The minimum atomic E-state index is -0.0588. The molecule has 0 radical (unpaired) electrons. The van der Waals surface area contributed by atoms with Crippen LogP contribution in [0.5, 0.6) is 0 Å². The average molecular weight is 302 g/mol. The van der Waals surface area contributed by atoms with E-state index in [4.69, 9.17) is 0 Å². The number of hydrogen-bond acceptors (Lipinski definition) is 2. The van der Waals surface area contributed by atoms with E-state index < -0.39 is 0 Å². The van der Waals surface area contributed by atoms with Crippen LogP contribution in [0.4, 0.5) is 0 Å². The van der Waals surface area contributed by atoms with Crippen molar-refractivity contribution in [3.63, 3.8) is 0 Å². The summed E-state index contributed by atoms with van der Waals surface area (Å²) < 4.78 is 2.40. The zero-order valence-electron chi connectivity index (χ0n) is 10.7. The quantitative estimate of drug-likeness (QED) is 0.821. The Hall–Kier alpha value is -0.840. The molecule has 96 valence electrons. The average Bonchev–Trinajstić information content (AvgIpc) is 2.53. The van der Waals surface area contributed by atoms with Gasteiger partial charge in [-0.3, -0.25) is 9.48 Å². The fourth-order valence-electron chi connectivity index (χ4n) is 1.72. The molecule has 1 amide bonds. The predicted octanol–water partition coefficient (Wildman–Crippen LogP) is 2.80. The van der Waals surface area contributed by atoms with E-state index in [-0.39, 0.29) is 5.91 Å². The molecule has 1 N–H and O–H groups in total. The van der Waals surface area contributed by atoms with E-state index in [1.165, 1.54) is 19.3 Å². The highest BCUT2D eigenvalue weighted by molar-refractivity contribution is 9.10. The second-order valence-electron chi connectivity index (χ2n) is 4.19. The molecule has 5 heteroatoms. The number of halogens is 1. The third-order valence-electron chi connectivity index (χ3n) is 2.68. The largest absolute Gasteiger partial charge is 0.351 e. The smallest absolute Gasteiger partial charge is 0.270 e. The first-order valence-electron chi connectivity index (χ1n) is 6.05. The lowest BCUT2D eigenvalue weighted by Gasteiger charge is -2.05. The van der Waals surface area contributed by atoms with Crippen molar-refractivity contribution in [1.82, 2.24) is 15.1 Å². The van der Waals surface area contributed by atoms with E-state index in [0.29, 0.717) is 5.69 Å². The third kappa shape index (κ3) is 3.84. The van der Waals surface area contributed by atoms with Gasteiger partial charge in [0.2, 0.25) is 0 Å². The summed E-state index contributed by atoms with van der Waals surface area (Å²) in [6.07, 6.45) is 4.64. The molecule has 4 nitrogen and oxygen atoms in total. The Morgan fingerprint density at radius 1 is 1.41 bits per heavy atom. The van der Waals surface area contributed by atoms with Gasteiger partial charge >= 0.3 is 0 Å². The molecular formula is C12H20BrN3O. The maximum atomic E-state index is 11.9. The molecule has 1 aromatic heterocycles. The molecular weight excluding hydrogens is 282 g/mol. The van der Waals surface area contributed by atoms with Gasteiger partial charge in [-0.05, 0) is 29.3 Å². The summed E-state index contributed by atoms with van der Waals surface area (Å²) in [5, 5.41) is 7.12. The van der Waals surface area contributed by atoms with E-state index in [1.54, 1.807) is 11.7 Å². The van der Waals surface area contributed by atoms with Gasteiger partial charge < -0.3 is 5.32 Å². The summed E-state index contributed by atoms with van der Waals surface area (Å²) in [4.78, 5) is 11.9. The number of carbonyl (C=O) groups excluding carboxylic acids is 1. The fraction of sp³-hybridized carbons (Fsp3) is 0.667. The number of carbonyl (C=O) groups is 1. The van der Waals surface area contributed by atoms with Crippen LogP contribution in [0.1, 0.15) is 48.8 Å². The van der Waals surface area contributed by atoms with Gasteiger partial charge in [0.25, 0.3) is 5.91 Å². The second-order valence-corrected chi connectivity index (χ2v) is 4.98. The maximum Gasteiger partial charge on any atom is 0.270 e. The van der Waals surface area contributed by atoms with Crippen molar-refractivity contribution in [3.8, 4) is 0 Å². The molecule has 0 saturated carbocycles. The third-order valence-corrected chi connectivity index (χ3v) is 3.63. The zero-order chi connectivity index (χ0) is 12.8. The van der Waals surface area contributed by atoms with E-state index in [2.05, 4.69) is 33.3 Å². The Morgan fingerprint density at radius 2 is 2.12 bits per heavy atom. The van der Waals surface area contributed by atoms with Crippen LogP contribution in [-0.4, -0.2) is 22.2 Å². The van der Waals surface area contributed by atoms with E-state index in [9.17, 15) is 4.79 Å². The number of rotatable bonds is 6. The van der Waals surface area contributed by atoms with Crippen molar-refractivity contribution in [2.75, 3.05) is 6.54 Å². The lowest BCUT2D eigenvalue weighted by Crippen LogP contribution is -2.26. The van der Waals surface area contributed by atoms with Gasteiger partial charge in [0.05, 0.1) is 10.2 Å². The molecule has 17 heavy (non-hydrogen) atoms. The number of unbranched alkanes of at least 4 members (excludes halogenated alkanes) is 3. The molecule has 0 saturated heterocycles. The van der Waals surface area contributed by atoms with Crippen LogP contribution < -0.4 is 5.32 Å². The summed E-state index contributed by atoms with van der Waals surface area (Å²) >= 11 is 3.39. The van der Waals surface area contributed by atoms with E-state index in [1.807, 2.05) is 6.92 Å². The first kappa shape index (κ1) is 14.2. The lowest BCUT2D eigenvalue weighted by molar-refractivity contribution is 0.0942. The van der Waals surface area contributed by atoms with Crippen LogP contribution in [0.3, 0.4) is 0 Å². The fourth-order valence-corrected chi connectivity index (χ4v) is 2.23. The Labute approximate surface area is 111 Å². The topological polar surface area (TPSA) is 46.9 Å². The molecule has 0 aliphatic carbocycles. The van der Waals surface area contributed by atoms with Crippen LogP contribution in [0.15, 0.2) is 4.47 Å². The minimum Gasteiger partial charge on any atom is -0.351 e. The molecule has 0 unspecified atom stereocenters. The summed E-state index contributed by atoms with van der Waals surface area (Å²) in [7, 11) is 1.78. The predicted molar refractivity (Wildman–Crippen MR) is 72.1 cm³/mol. The van der Waals surface area contributed by atoms with Crippen LogP contribution >= 0.6 is 15.9 Å². The molecule has 0 bridgehead atoms. The monoisotopic (exact) mass is 301 g/mol. The van der Waals surface area contributed by atoms with Gasteiger partial charge in [-0.25, -0.2) is 0 Å². The van der Waals surface area contributed by atoms with Gasteiger partial charge in [0.15, 0.2) is 0 Å². The number of aryl methyl sites for hydroxylation is 2. The summed E-state index contributed by atoms with van der Waals surface area (Å²) in [5.74, 6) is -0.0588. The molecule has 0 aliphatic heterocycles. The maximum absolute atomic E-state index is 11.9. The molecule has 0 spiro atoms. The first-order valence-corrected chi connectivity index (χ1v) is 6.84. The SMILES string of the molecule is CCCCCCNC(=O)c1c(Br)c(C)nn1C. The minimum absolute atomic E-state index is 0.0588. The van der Waals surface area contributed by atoms with Gasteiger partial charge in [-0.2, -0.15) is 5.10 Å². The van der Waals surface area contributed by atoms with Crippen LogP contribution in [-0.2, 0) is 7.05 Å². The highest BCUT2D eigenvalue weighted by Crippen LogP contribution is 2.19. The van der Waals surface area contributed by atoms with Crippen molar-refractivity contribution in [3.05, 3.63) is 15.9 Å². The van der Waals surface area contributed by atoms with Crippen molar-refractivity contribution in [2.45, 2.75) is 39.5 Å². The van der Waals surface area contributed by atoms with E-state index in [0.717, 1.165) is 23.1 Å². The molecule has 1 rings (SSSR count). The first-order chi connectivity index (χ1) is 8.07. The zero-order valence-corrected chi connectivity index (χ0v) is 12.3. The Bertz CT molecular complexity index is 387. The van der Waals surface area contributed by atoms with Gasteiger partial charge in [-0.15, -0.1) is 0 Å². The van der Waals surface area contributed by atoms with Gasteiger partial charge in [0, 0.05) is 13.6 Å². The standard InChI is InChI=1S/C12H20BrN3O/c1-4-5-6-7-8-14-12(17)11-10(13)9(2)15-16(11)3/h4-8H2,1-3H3,(H,14,17). The Kier molecular flexibility index (Phi) is 5.68. The molecule has 0 aliphatic rings. The molecule has 0 atom stereocenters. The summed E-state index contributed by atoms with van der Waals surface area (Å²) in [6.45, 7) is 4.78. The highest BCUT2D eigenvalue weighted by atomic mass is 79.9. The molecule has 1 heterocycles. The van der Waals surface area contributed by atoms with Gasteiger partial charge in [-0.1, -0.05) is 26.2 Å². The number of hydrogen-bond donors (Lipinski definition) is 1. The van der Waals surface area contributed by atoms with Crippen LogP contribution in [0.2, 0.25) is 0 Å². The van der Waals surface area contributed by atoms with Crippen LogP contribution in [0, 0.1) is 6.92 Å². The number of amides is 1. The molecule has 0 fully saturated rings. The van der Waals surface area contributed by atoms with Gasteiger partial charge in [0.1, 0.15) is 5.69 Å². The highest BCUT2D eigenvalue weighted by Gasteiger charge is 2.17. The number of nitrogens with one attached hydrogen (secondary N) is 1.